The minimum atomic E-state index is -3.65. The second-order valence-electron chi connectivity index (χ2n) is 9.38. The number of fused-ring (bicyclic) bond motifs is 1. The monoisotopic (exact) mass is 496 g/mol. The molecule has 1 aliphatic carbocycles. The van der Waals surface area contributed by atoms with Crippen molar-refractivity contribution in [1.82, 2.24) is 19.4 Å². The first-order valence-electron chi connectivity index (χ1n) is 11.8. The van der Waals surface area contributed by atoms with E-state index in [-0.39, 0.29) is 43.5 Å². The third kappa shape index (κ3) is 4.10. The van der Waals surface area contributed by atoms with Crippen LogP contribution in [0, 0.1) is 0 Å². The van der Waals surface area contributed by atoms with Gasteiger partial charge in [-0.05, 0) is 55.0 Å². The first kappa shape index (κ1) is 23.5. The topological polar surface area (TPSA) is 107 Å². The molecule has 184 valence electrons. The van der Waals surface area contributed by atoms with Gasteiger partial charge in [0.05, 0.1) is 4.90 Å². The molecular weight excluding hydrogens is 468 g/mol. The molecule has 0 unspecified atom stereocenters. The molecule has 2 aliphatic heterocycles. The van der Waals surface area contributed by atoms with E-state index in [1.165, 1.54) is 14.8 Å². The van der Waals surface area contributed by atoms with Crippen LogP contribution in [0.4, 0.5) is 4.79 Å². The first-order valence-corrected chi connectivity index (χ1v) is 13.2. The third-order valence-corrected chi connectivity index (χ3v) is 9.11. The minimum absolute atomic E-state index is 0.160. The van der Waals surface area contributed by atoms with E-state index in [9.17, 15) is 22.8 Å². The van der Waals surface area contributed by atoms with E-state index in [0.29, 0.717) is 5.56 Å². The summed E-state index contributed by atoms with van der Waals surface area (Å²) in [6, 6.07) is 13.6. The number of carbonyl (C=O) groups excluding carboxylic acids is 3. The second-order valence-corrected chi connectivity index (χ2v) is 11.3. The molecule has 0 radical (unpaired) electrons. The molecule has 9 nitrogen and oxygen atoms in total. The fourth-order valence-corrected chi connectivity index (χ4v) is 6.55. The maximum atomic E-state index is 13.2. The smallest absolute Gasteiger partial charge is 0.325 e. The normalized spacial score (nSPS) is 22.9. The Bertz CT molecular complexity index is 1290. The predicted molar refractivity (Wildman–Crippen MR) is 128 cm³/mol. The zero-order valence-electron chi connectivity index (χ0n) is 19.6. The number of amides is 4. The number of carbonyl (C=O) groups is 3. The number of benzene rings is 2. The number of hydrogen-bond donors (Lipinski definition) is 1. The van der Waals surface area contributed by atoms with Crippen LogP contribution in [0.25, 0.3) is 0 Å². The van der Waals surface area contributed by atoms with Crippen LogP contribution in [0.5, 0.6) is 0 Å². The Morgan fingerprint density at radius 3 is 2.37 bits per heavy atom. The van der Waals surface area contributed by atoms with Crippen LogP contribution in [0.15, 0.2) is 53.4 Å². The van der Waals surface area contributed by atoms with E-state index < -0.39 is 27.5 Å². The van der Waals surface area contributed by atoms with E-state index in [1.54, 1.807) is 43.3 Å². The zero-order chi connectivity index (χ0) is 24.8. The van der Waals surface area contributed by atoms with Crippen molar-refractivity contribution >= 4 is 27.9 Å². The van der Waals surface area contributed by atoms with E-state index in [4.69, 9.17) is 0 Å². The highest BCUT2D eigenvalue weighted by molar-refractivity contribution is 7.89. The average Bonchev–Trinajstić information content (AvgIpc) is 3.43. The molecule has 0 saturated carbocycles. The molecule has 0 bridgehead atoms. The molecule has 2 heterocycles. The Hall–Kier alpha value is -3.24. The Morgan fingerprint density at radius 1 is 0.971 bits per heavy atom. The first-order chi connectivity index (χ1) is 16.7. The lowest BCUT2D eigenvalue weighted by atomic mass is 9.92. The molecule has 10 heteroatoms. The quantitative estimate of drug-likeness (QED) is 0.631. The van der Waals surface area contributed by atoms with Crippen LogP contribution in [-0.4, -0.2) is 73.1 Å². The van der Waals surface area contributed by atoms with Gasteiger partial charge < -0.3 is 10.2 Å². The maximum Gasteiger partial charge on any atom is 0.325 e. The van der Waals surface area contributed by atoms with Crippen molar-refractivity contribution < 1.29 is 22.8 Å². The van der Waals surface area contributed by atoms with Crippen LogP contribution < -0.4 is 5.32 Å². The van der Waals surface area contributed by atoms with Crippen molar-refractivity contribution in [2.45, 2.75) is 36.6 Å². The lowest BCUT2D eigenvalue weighted by Gasteiger charge is -2.34. The van der Waals surface area contributed by atoms with Gasteiger partial charge in [-0.2, -0.15) is 4.31 Å². The molecular formula is C25H28N4O5S. The lowest BCUT2D eigenvalue weighted by molar-refractivity contribution is -0.139. The number of nitrogens with zero attached hydrogens (tertiary/aromatic N) is 3. The molecule has 2 aromatic carbocycles. The standard InChI is InChI=1S/C25H28N4O5S/c1-25(20-8-3-2-4-9-20)23(31)29(24(32)26-25)17-22(30)27-12-14-28(15-13-27)35(33,34)21-11-10-18-6-5-7-19(18)16-21/h2-4,8-11,16H,5-7,12-15,17H2,1H3,(H,26,32)/t25-/m1/s1. The summed E-state index contributed by atoms with van der Waals surface area (Å²) in [4.78, 5) is 41.3. The van der Waals surface area contributed by atoms with Crippen molar-refractivity contribution in [3.63, 3.8) is 0 Å². The van der Waals surface area contributed by atoms with Crippen molar-refractivity contribution in [2.75, 3.05) is 32.7 Å². The molecule has 5 rings (SSSR count). The zero-order valence-corrected chi connectivity index (χ0v) is 20.4. The van der Waals surface area contributed by atoms with Gasteiger partial charge in [-0.1, -0.05) is 36.4 Å². The summed E-state index contributed by atoms with van der Waals surface area (Å²) in [6.07, 6.45) is 2.92. The fraction of sp³-hybridized carbons (Fsp3) is 0.400. The molecule has 1 N–H and O–H groups in total. The molecule has 0 spiro atoms. The van der Waals surface area contributed by atoms with Gasteiger partial charge in [0.15, 0.2) is 0 Å². The molecule has 2 fully saturated rings. The van der Waals surface area contributed by atoms with Gasteiger partial charge in [0, 0.05) is 26.2 Å². The highest BCUT2D eigenvalue weighted by atomic mass is 32.2. The van der Waals surface area contributed by atoms with Crippen molar-refractivity contribution in [2.24, 2.45) is 0 Å². The SMILES string of the molecule is C[C@]1(c2ccccc2)NC(=O)N(CC(=O)N2CCN(S(=O)(=O)c3ccc4c(c3)CCC4)CC2)C1=O. The van der Waals surface area contributed by atoms with Crippen LogP contribution in [0.2, 0.25) is 0 Å². The van der Waals surface area contributed by atoms with Crippen molar-refractivity contribution in [3.05, 3.63) is 65.2 Å². The fourth-order valence-electron chi connectivity index (χ4n) is 5.08. The van der Waals surface area contributed by atoms with Gasteiger partial charge >= 0.3 is 6.03 Å². The Balaban J connectivity index is 1.22. The van der Waals surface area contributed by atoms with E-state index in [1.807, 2.05) is 12.1 Å². The summed E-state index contributed by atoms with van der Waals surface area (Å²) in [5.41, 5.74) is 1.71. The van der Waals surface area contributed by atoms with Crippen LogP contribution >= 0.6 is 0 Å². The number of piperazine rings is 1. The van der Waals surface area contributed by atoms with Gasteiger partial charge in [0.2, 0.25) is 15.9 Å². The van der Waals surface area contributed by atoms with Crippen LogP contribution in [0.1, 0.15) is 30.0 Å². The molecule has 2 aromatic rings. The maximum absolute atomic E-state index is 13.2. The summed E-state index contributed by atoms with van der Waals surface area (Å²) < 4.78 is 27.7. The molecule has 1 atom stereocenters. The summed E-state index contributed by atoms with van der Waals surface area (Å²) in [5.74, 6) is -0.875. The van der Waals surface area contributed by atoms with E-state index in [2.05, 4.69) is 5.32 Å². The molecule has 4 amide bonds. The molecule has 3 aliphatic rings. The van der Waals surface area contributed by atoms with Gasteiger partial charge in [-0.15, -0.1) is 0 Å². The number of sulfonamides is 1. The highest BCUT2D eigenvalue weighted by Gasteiger charge is 2.49. The number of imide groups is 1. The number of aryl methyl sites for hydroxylation is 2. The van der Waals surface area contributed by atoms with Gasteiger partial charge in [-0.25, -0.2) is 13.2 Å². The van der Waals surface area contributed by atoms with Crippen molar-refractivity contribution in [1.29, 1.82) is 0 Å². The number of urea groups is 1. The number of nitrogens with one attached hydrogen (secondary N) is 1. The van der Waals surface area contributed by atoms with Gasteiger partial charge in [0.25, 0.3) is 5.91 Å². The Morgan fingerprint density at radius 2 is 1.66 bits per heavy atom. The highest BCUT2D eigenvalue weighted by Crippen LogP contribution is 2.29. The lowest BCUT2D eigenvalue weighted by Crippen LogP contribution is -2.53. The molecule has 0 aromatic heterocycles. The largest absolute Gasteiger partial charge is 0.338 e. The predicted octanol–water partition coefficient (Wildman–Crippen LogP) is 1.48. The van der Waals surface area contributed by atoms with E-state index >= 15 is 0 Å². The second kappa shape index (κ2) is 8.76. The molecule has 2 saturated heterocycles. The minimum Gasteiger partial charge on any atom is -0.338 e. The summed E-state index contributed by atoms with van der Waals surface area (Å²) >= 11 is 0. The summed E-state index contributed by atoms with van der Waals surface area (Å²) in [6.45, 7) is 1.95. The summed E-state index contributed by atoms with van der Waals surface area (Å²) in [5, 5.41) is 2.70. The third-order valence-electron chi connectivity index (χ3n) is 7.22. The Kier molecular flexibility index (Phi) is 5.88. The van der Waals surface area contributed by atoms with Crippen LogP contribution in [-0.2, 0) is 38.0 Å². The van der Waals surface area contributed by atoms with E-state index in [0.717, 1.165) is 29.7 Å². The summed E-state index contributed by atoms with van der Waals surface area (Å²) in [7, 11) is -3.65. The van der Waals surface area contributed by atoms with Crippen molar-refractivity contribution in [3.8, 4) is 0 Å². The molecule has 35 heavy (non-hydrogen) atoms. The number of hydrogen-bond acceptors (Lipinski definition) is 5. The van der Waals surface area contributed by atoms with Gasteiger partial charge in [-0.3, -0.25) is 14.5 Å². The number of rotatable bonds is 5. The van der Waals surface area contributed by atoms with Gasteiger partial charge in [0.1, 0.15) is 12.1 Å². The van der Waals surface area contributed by atoms with Crippen LogP contribution in [0.3, 0.4) is 0 Å². The average molecular weight is 497 g/mol. The Labute approximate surface area is 204 Å².